The first-order valence-corrected chi connectivity index (χ1v) is 12.9. The van der Waals surface area contributed by atoms with Gasteiger partial charge in [0, 0.05) is 36.6 Å². The van der Waals surface area contributed by atoms with Crippen molar-refractivity contribution in [2.75, 3.05) is 24.1 Å². The molecular weight excluding hydrogens is 502 g/mol. The number of amides is 2. The molecule has 4 aromatic rings. The van der Waals surface area contributed by atoms with Crippen molar-refractivity contribution in [3.8, 4) is 11.3 Å². The van der Waals surface area contributed by atoms with Crippen LogP contribution in [0.15, 0.2) is 61.4 Å². The van der Waals surface area contributed by atoms with E-state index in [9.17, 15) is 9.59 Å². The Morgan fingerprint density at radius 1 is 1.26 bits per heavy atom. The molecule has 9 nitrogen and oxygen atoms in total. The number of aryl methyl sites for hydroxylation is 1. The Labute approximate surface area is 225 Å². The largest absolute Gasteiger partial charge is 0.383 e. The lowest BCUT2D eigenvalue weighted by Crippen LogP contribution is -2.40. The second kappa shape index (κ2) is 10.6. The van der Waals surface area contributed by atoms with Crippen LogP contribution in [0.1, 0.15) is 41.7 Å². The molecule has 0 radical (unpaired) electrons. The highest BCUT2D eigenvalue weighted by Gasteiger charge is 2.29. The minimum absolute atomic E-state index is 0.0433. The van der Waals surface area contributed by atoms with E-state index in [-0.39, 0.29) is 17.9 Å². The zero-order valence-corrected chi connectivity index (χ0v) is 21.8. The van der Waals surface area contributed by atoms with Crippen LogP contribution >= 0.6 is 11.6 Å². The van der Waals surface area contributed by atoms with Crippen molar-refractivity contribution >= 4 is 46.0 Å². The number of carbonyl (C=O) groups excluding carboxylic acids is 2. The van der Waals surface area contributed by atoms with Gasteiger partial charge in [0.25, 0.3) is 5.91 Å². The van der Waals surface area contributed by atoms with Crippen molar-refractivity contribution in [2.45, 2.75) is 32.2 Å². The first-order valence-electron chi connectivity index (χ1n) is 12.5. The molecule has 1 aliphatic heterocycles. The fourth-order valence-electron chi connectivity index (χ4n) is 4.93. The highest BCUT2D eigenvalue weighted by molar-refractivity contribution is 6.34. The number of nitrogens with two attached hydrogens (primary N) is 1. The molecule has 3 N–H and O–H groups in total. The minimum Gasteiger partial charge on any atom is -0.383 e. The number of benzene rings is 1. The predicted molar refractivity (Wildman–Crippen MR) is 149 cm³/mol. The van der Waals surface area contributed by atoms with E-state index in [1.54, 1.807) is 53.7 Å². The Morgan fingerprint density at radius 3 is 2.82 bits per heavy atom. The molecule has 194 valence electrons. The molecule has 4 heterocycles. The molecule has 0 unspecified atom stereocenters. The molecule has 1 saturated heterocycles. The van der Waals surface area contributed by atoms with E-state index in [1.165, 1.54) is 6.08 Å². The fourth-order valence-corrected chi connectivity index (χ4v) is 5.20. The number of hydrogen-bond donors (Lipinski definition) is 2. The lowest BCUT2D eigenvalue weighted by Gasteiger charge is -2.32. The number of nitrogen functional groups attached to an aromatic ring is 1. The number of aromatic nitrogens is 4. The zero-order valence-electron chi connectivity index (χ0n) is 21.0. The van der Waals surface area contributed by atoms with Crippen LogP contribution < -0.4 is 11.1 Å². The van der Waals surface area contributed by atoms with Crippen molar-refractivity contribution < 1.29 is 9.59 Å². The molecule has 0 bridgehead atoms. The van der Waals surface area contributed by atoms with Crippen LogP contribution in [0.2, 0.25) is 5.02 Å². The van der Waals surface area contributed by atoms with E-state index < -0.39 is 0 Å². The van der Waals surface area contributed by atoms with Gasteiger partial charge in [0.05, 0.1) is 22.0 Å². The molecule has 0 spiro atoms. The first kappa shape index (κ1) is 25.4. The molecule has 10 heteroatoms. The monoisotopic (exact) mass is 529 g/mol. The van der Waals surface area contributed by atoms with E-state index >= 15 is 0 Å². The molecule has 1 atom stereocenters. The van der Waals surface area contributed by atoms with Crippen molar-refractivity contribution in [3.05, 3.63) is 77.6 Å². The van der Waals surface area contributed by atoms with Crippen LogP contribution in [-0.4, -0.2) is 49.6 Å². The smallest absolute Gasteiger partial charge is 0.256 e. The normalized spacial score (nSPS) is 15.4. The molecule has 0 aliphatic carbocycles. The molecule has 1 aromatic carbocycles. The average Bonchev–Trinajstić information content (AvgIpc) is 3.35. The molecular formula is C28H28ClN7O2. The highest BCUT2D eigenvalue weighted by atomic mass is 35.5. The number of halogens is 1. The van der Waals surface area contributed by atoms with Crippen molar-refractivity contribution in [1.29, 1.82) is 0 Å². The molecule has 2 amide bonds. The first-order chi connectivity index (χ1) is 18.4. The van der Waals surface area contributed by atoms with Crippen LogP contribution in [0.4, 0.5) is 11.6 Å². The number of nitrogens with one attached hydrogen (secondary N) is 1. The van der Waals surface area contributed by atoms with Crippen LogP contribution in [-0.2, 0) is 11.2 Å². The summed E-state index contributed by atoms with van der Waals surface area (Å²) in [4.78, 5) is 35.5. The maximum atomic E-state index is 12.8. The molecule has 1 aliphatic rings. The van der Waals surface area contributed by atoms with Gasteiger partial charge in [0.2, 0.25) is 5.91 Å². The Morgan fingerprint density at radius 2 is 2.11 bits per heavy atom. The van der Waals surface area contributed by atoms with Gasteiger partial charge in [-0.1, -0.05) is 37.2 Å². The number of piperidine rings is 1. The number of carbonyl (C=O) groups is 2. The zero-order chi connectivity index (χ0) is 26.8. The number of nitrogens with zero attached hydrogens (tertiary/aromatic N) is 5. The van der Waals surface area contributed by atoms with Crippen molar-refractivity contribution in [2.24, 2.45) is 0 Å². The number of rotatable bonds is 6. The predicted octanol–water partition coefficient (Wildman–Crippen LogP) is 4.89. The lowest BCUT2D eigenvalue weighted by atomic mass is 10.0. The Balaban J connectivity index is 1.57. The third kappa shape index (κ3) is 4.72. The van der Waals surface area contributed by atoms with Gasteiger partial charge in [-0.3, -0.25) is 14.3 Å². The highest BCUT2D eigenvalue weighted by Crippen LogP contribution is 2.39. The van der Waals surface area contributed by atoms with E-state index in [0.717, 1.165) is 30.3 Å². The minimum atomic E-state index is -0.323. The Kier molecular flexibility index (Phi) is 7.11. The maximum Gasteiger partial charge on any atom is 0.256 e. The summed E-state index contributed by atoms with van der Waals surface area (Å²) in [5.41, 5.74) is 9.93. The molecule has 0 saturated carbocycles. The van der Waals surface area contributed by atoms with Gasteiger partial charge in [-0.05, 0) is 55.2 Å². The van der Waals surface area contributed by atoms with E-state index in [1.807, 2.05) is 4.68 Å². The van der Waals surface area contributed by atoms with Gasteiger partial charge >= 0.3 is 0 Å². The Bertz CT molecular complexity index is 1530. The number of hydrogen-bond acceptors (Lipinski definition) is 6. The molecule has 38 heavy (non-hydrogen) atoms. The van der Waals surface area contributed by atoms with Gasteiger partial charge in [-0.2, -0.15) is 5.10 Å². The second-order valence-corrected chi connectivity index (χ2v) is 9.59. The van der Waals surface area contributed by atoms with Gasteiger partial charge in [-0.15, -0.1) is 0 Å². The van der Waals surface area contributed by atoms with Crippen LogP contribution in [0, 0.1) is 0 Å². The second-order valence-electron chi connectivity index (χ2n) is 9.19. The summed E-state index contributed by atoms with van der Waals surface area (Å²) < 4.78 is 1.97. The van der Waals surface area contributed by atoms with Crippen LogP contribution in [0.3, 0.4) is 0 Å². The molecule has 3 aromatic heterocycles. The standard InChI is InChI=1S/C28H28ClN7O2/c1-3-17-15-32-27(30)24-25(34-36(26(17)24)19-8-7-13-35(16-19)23(37)4-2)20-11-10-18(14-21(20)29)28(38)33-22-9-5-6-12-31-22/h4-6,9-12,14-15,19H,2-3,7-8,13,16H2,1H3,(H2,30,32)(H,31,33,38)/t19-/m1/s1. The van der Waals surface area contributed by atoms with Gasteiger partial charge in [-0.25, -0.2) is 9.97 Å². The summed E-state index contributed by atoms with van der Waals surface area (Å²) in [6.45, 7) is 6.90. The summed E-state index contributed by atoms with van der Waals surface area (Å²) in [6.07, 6.45) is 7.18. The van der Waals surface area contributed by atoms with Crippen LogP contribution in [0.25, 0.3) is 22.2 Å². The van der Waals surface area contributed by atoms with Gasteiger partial charge < -0.3 is 16.0 Å². The third-order valence-electron chi connectivity index (χ3n) is 6.83. The third-order valence-corrected chi connectivity index (χ3v) is 7.15. The molecule has 5 rings (SSSR count). The summed E-state index contributed by atoms with van der Waals surface area (Å²) in [6, 6.07) is 10.3. The number of pyridine rings is 2. The average molecular weight is 530 g/mol. The number of likely N-dealkylation sites (tertiary alicyclic amines) is 1. The molecule has 1 fully saturated rings. The summed E-state index contributed by atoms with van der Waals surface area (Å²) in [5.74, 6) is 0.383. The van der Waals surface area contributed by atoms with Crippen LogP contribution in [0.5, 0.6) is 0 Å². The maximum absolute atomic E-state index is 12.8. The SMILES string of the molecule is C=CC(=O)N1CCC[C@@H](n2nc(-c3ccc(C(=O)Nc4ccccn4)cc3Cl)c3c(N)ncc(CC)c32)C1. The van der Waals surface area contributed by atoms with E-state index in [4.69, 9.17) is 22.4 Å². The quantitative estimate of drug-likeness (QED) is 0.343. The lowest BCUT2D eigenvalue weighted by molar-refractivity contribution is -0.127. The Hall–Kier alpha value is -4.24. The van der Waals surface area contributed by atoms with Gasteiger partial charge in [0.15, 0.2) is 0 Å². The topological polar surface area (TPSA) is 119 Å². The summed E-state index contributed by atoms with van der Waals surface area (Å²) in [7, 11) is 0. The van der Waals surface area contributed by atoms with E-state index in [0.29, 0.717) is 52.0 Å². The van der Waals surface area contributed by atoms with Crippen molar-refractivity contribution in [1.82, 2.24) is 24.6 Å². The summed E-state index contributed by atoms with van der Waals surface area (Å²) in [5, 5.41) is 8.85. The summed E-state index contributed by atoms with van der Waals surface area (Å²) >= 11 is 6.75. The van der Waals surface area contributed by atoms with Crippen molar-refractivity contribution in [3.63, 3.8) is 0 Å². The van der Waals surface area contributed by atoms with E-state index in [2.05, 4.69) is 28.8 Å². The number of anilines is 2. The number of fused-ring (bicyclic) bond motifs is 1. The fraction of sp³-hybridized carbons (Fsp3) is 0.250. The van der Waals surface area contributed by atoms with Gasteiger partial charge in [0.1, 0.15) is 17.3 Å².